The van der Waals surface area contributed by atoms with Gasteiger partial charge in [-0.1, -0.05) is 67.6 Å². The second kappa shape index (κ2) is 6.99. The van der Waals surface area contributed by atoms with E-state index in [0.717, 1.165) is 6.42 Å². The van der Waals surface area contributed by atoms with Crippen LogP contribution in [0.1, 0.15) is 13.3 Å². The van der Waals surface area contributed by atoms with Gasteiger partial charge in [0, 0.05) is 28.6 Å². The van der Waals surface area contributed by atoms with Crippen molar-refractivity contribution in [3.05, 3.63) is 60.7 Å². The van der Waals surface area contributed by atoms with Crippen LogP contribution in [-0.4, -0.2) is 19.7 Å². The van der Waals surface area contributed by atoms with Crippen molar-refractivity contribution in [1.29, 1.82) is 0 Å². The van der Waals surface area contributed by atoms with Gasteiger partial charge in [-0.25, -0.2) is 0 Å². The van der Waals surface area contributed by atoms with Crippen LogP contribution in [-0.2, 0) is 9.47 Å². The molecule has 0 bridgehead atoms. The van der Waals surface area contributed by atoms with E-state index < -0.39 is 13.4 Å². The van der Waals surface area contributed by atoms with Crippen molar-refractivity contribution < 1.29 is 9.47 Å². The lowest BCUT2D eigenvalue weighted by molar-refractivity contribution is -0.139. The maximum Gasteiger partial charge on any atom is 0.194 e. The molecule has 0 N–H and O–H groups in total. The number of hydrogen-bond acceptors (Lipinski definition) is 2. The van der Waals surface area contributed by atoms with Crippen LogP contribution in [0.25, 0.3) is 0 Å². The summed E-state index contributed by atoms with van der Waals surface area (Å²) in [5.41, 5.74) is -0.585. The van der Waals surface area contributed by atoms with Crippen LogP contribution in [0, 0.1) is 0 Å². The molecule has 0 saturated heterocycles. The van der Waals surface area contributed by atoms with Crippen LogP contribution in [0.5, 0.6) is 0 Å². The monoisotopic (exact) mass is 288 g/mol. The van der Waals surface area contributed by atoms with Crippen molar-refractivity contribution in [3.8, 4) is 0 Å². The third-order valence-electron chi connectivity index (χ3n) is 3.45. The van der Waals surface area contributed by atoms with E-state index >= 15 is 0 Å². The summed E-state index contributed by atoms with van der Waals surface area (Å²) >= 11 is 0. The van der Waals surface area contributed by atoms with Crippen molar-refractivity contribution in [1.82, 2.24) is 0 Å². The van der Waals surface area contributed by atoms with Gasteiger partial charge in [-0.3, -0.25) is 0 Å². The van der Waals surface area contributed by atoms with Crippen LogP contribution in [0.2, 0.25) is 0 Å². The largest absolute Gasteiger partial charge is 0.349 e. The van der Waals surface area contributed by atoms with Crippen LogP contribution in [0.4, 0.5) is 0 Å². The van der Waals surface area contributed by atoms with Crippen molar-refractivity contribution in [2.45, 2.75) is 18.9 Å². The Balaban J connectivity index is 2.55. The van der Waals surface area contributed by atoms with Gasteiger partial charge in [0.05, 0.1) is 0 Å². The van der Waals surface area contributed by atoms with E-state index in [1.54, 1.807) is 14.2 Å². The minimum absolute atomic E-state index is 0.585. The fourth-order valence-electron chi connectivity index (χ4n) is 2.41. The summed E-state index contributed by atoms with van der Waals surface area (Å²) in [6, 6.07) is 21.0. The average molecular weight is 288 g/mol. The predicted octanol–water partition coefficient (Wildman–Crippen LogP) is 3.48. The molecular formula is C17H21O2P. The molecule has 2 aromatic carbocycles. The quantitative estimate of drug-likeness (QED) is 0.598. The molecule has 0 aliphatic heterocycles. The SMILES string of the molecule is CCC(OC)(OC)P(c1ccccc1)c1ccccc1. The van der Waals surface area contributed by atoms with Gasteiger partial charge in [0.15, 0.2) is 5.53 Å². The first kappa shape index (κ1) is 15.2. The van der Waals surface area contributed by atoms with E-state index in [0.29, 0.717) is 0 Å². The Kier molecular flexibility index (Phi) is 5.31. The first-order valence-electron chi connectivity index (χ1n) is 6.78. The van der Waals surface area contributed by atoms with Gasteiger partial charge in [-0.05, 0) is 10.6 Å². The normalized spacial score (nSPS) is 11.8. The van der Waals surface area contributed by atoms with Gasteiger partial charge in [-0.2, -0.15) is 0 Å². The predicted molar refractivity (Wildman–Crippen MR) is 86.1 cm³/mol. The smallest absolute Gasteiger partial charge is 0.194 e. The van der Waals surface area contributed by atoms with Gasteiger partial charge in [0.25, 0.3) is 0 Å². The first-order chi connectivity index (χ1) is 9.77. The molecule has 0 radical (unpaired) electrons. The molecule has 0 aromatic heterocycles. The molecule has 2 nitrogen and oxygen atoms in total. The lowest BCUT2D eigenvalue weighted by atomic mass is 10.4. The minimum atomic E-state index is -0.743. The maximum atomic E-state index is 5.81. The summed E-state index contributed by atoms with van der Waals surface area (Å²) < 4.78 is 11.6. The summed E-state index contributed by atoms with van der Waals surface area (Å²) in [4.78, 5) is 0. The van der Waals surface area contributed by atoms with Gasteiger partial charge in [0.2, 0.25) is 0 Å². The number of ether oxygens (including phenoxy) is 2. The van der Waals surface area contributed by atoms with E-state index in [-0.39, 0.29) is 0 Å². The molecule has 0 saturated carbocycles. The molecule has 0 fully saturated rings. The lowest BCUT2D eigenvalue weighted by Gasteiger charge is -2.38. The topological polar surface area (TPSA) is 18.5 Å². The highest BCUT2D eigenvalue weighted by atomic mass is 31.1. The third kappa shape index (κ3) is 2.93. The molecule has 0 aliphatic rings. The summed E-state index contributed by atoms with van der Waals surface area (Å²) in [6.07, 6.45) is 0.801. The Morgan fingerprint density at radius 2 is 1.20 bits per heavy atom. The van der Waals surface area contributed by atoms with Gasteiger partial charge in [-0.15, -0.1) is 0 Å². The molecule has 2 aromatic rings. The standard InChI is InChI=1S/C17H21O2P/c1-4-17(18-2,19-3)20(15-11-7-5-8-12-15)16-13-9-6-10-14-16/h5-14H,4H2,1-3H3. The molecule has 0 spiro atoms. The zero-order valence-electron chi connectivity index (χ0n) is 12.2. The fourth-order valence-corrected chi connectivity index (χ4v) is 5.12. The molecule has 2 rings (SSSR count). The molecule has 106 valence electrons. The van der Waals surface area contributed by atoms with Crippen LogP contribution < -0.4 is 10.6 Å². The number of methoxy groups -OCH3 is 2. The molecule has 3 heteroatoms. The van der Waals surface area contributed by atoms with E-state index in [4.69, 9.17) is 9.47 Å². The maximum absolute atomic E-state index is 5.81. The Bertz CT molecular complexity index is 461. The zero-order chi connectivity index (χ0) is 14.4. The van der Waals surface area contributed by atoms with E-state index in [9.17, 15) is 0 Å². The fraction of sp³-hybridized carbons (Fsp3) is 0.294. The highest BCUT2D eigenvalue weighted by molar-refractivity contribution is 7.74. The molecular weight excluding hydrogens is 267 g/mol. The molecule has 0 heterocycles. The van der Waals surface area contributed by atoms with Gasteiger partial charge in [0.1, 0.15) is 0 Å². The Morgan fingerprint density at radius 1 is 0.800 bits per heavy atom. The molecule has 0 atom stereocenters. The Labute approximate surface area is 122 Å². The lowest BCUT2D eigenvalue weighted by Crippen LogP contribution is -2.38. The summed E-state index contributed by atoms with van der Waals surface area (Å²) in [5, 5.41) is 2.53. The summed E-state index contributed by atoms with van der Waals surface area (Å²) in [6.45, 7) is 2.11. The molecule has 0 amide bonds. The van der Waals surface area contributed by atoms with Crippen LogP contribution >= 0.6 is 7.92 Å². The number of rotatable bonds is 6. The van der Waals surface area contributed by atoms with E-state index in [1.807, 2.05) is 12.1 Å². The van der Waals surface area contributed by atoms with Crippen molar-refractivity contribution in [2.75, 3.05) is 14.2 Å². The summed E-state index contributed by atoms with van der Waals surface area (Å²) in [7, 11) is 2.72. The zero-order valence-corrected chi connectivity index (χ0v) is 13.1. The third-order valence-corrected chi connectivity index (χ3v) is 6.45. The van der Waals surface area contributed by atoms with Gasteiger partial charge < -0.3 is 9.47 Å². The number of hydrogen-bond donors (Lipinski definition) is 0. The Morgan fingerprint density at radius 3 is 1.50 bits per heavy atom. The molecule has 0 aliphatic carbocycles. The average Bonchev–Trinajstić information content (AvgIpc) is 2.54. The second-order valence-electron chi connectivity index (χ2n) is 4.48. The summed E-state index contributed by atoms with van der Waals surface area (Å²) in [5.74, 6) is 0. The van der Waals surface area contributed by atoms with Crippen molar-refractivity contribution in [2.24, 2.45) is 0 Å². The van der Waals surface area contributed by atoms with E-state index in [2.05, 4.69) is 55.5 Å². The van der Waals surface area contributed by atoms with Gasteiger partial charge >= 0.3 is 0 Å². The van der Waals surface area contributed by atoms with Crippen LogP contribution in [0.15, 0.2) is 60.7 Å². The first-order valence-corrected chi connectivity index (χ1v) is 8.12. The number of benzene rings is 2. The minimum Gasteiger partial charge on any atom is -0.349 e. The second-order valence-corrected chi connectivity index (χ2v) is 6.87. The van der Waals surface area contributed by atoms with E-state index in [1.165, 1.54) is 10.6 Å². The van der Waals surface area contributed by atoms with Crippen LogP contribution in [0.3, 0.4) is 0 Å². The van der Waals surface area contributed by atoms with Crippen molar-refractivity contribution in [3.63, 3.8) is 0 Å². The molecule has 0 unspecified atom stereocenters. The highest BCUT2D eigenvalue weighted by Gasteiger charge is 2.39. The van der Waals surface area contributed by atoms with Crippen molar-refractivity contribution >= 4 is 18.5 Å². The molecule has 20 heavy (non-hydrogen) atoms. The highest BCUT2D eigenvalue weighted by Crippen LogP contribution is 2.50. The Hall–Kier alpha value is -1.21.